The number of aromatic nitrogens is 3. The Morgan fingerprint density at radius 1 is 1.17 bits per heavy atom. The van der Waals surface area contributed by atoms with Gasteiger partial charge in [0.25, 0.3) is 11.5 Å². The molecule has 0 atom stereocenters. The van der Waals surface area contributed by atoms with Crippen molar-refractivity contribution < 1.29 is 4.79 Å². The fraction of sp³-hybridized carbons (Fsp3) is 0.429. The third-order valence-corrected chi connectivity index (χ3v) is 6.22. The van der Waals surface area contributed by atoms with Crippen LogP contribution in [0.5, 0.6) is 0 Å². The van der Waals surface area contributed by atoms with Gasteiger partial charge in [0.1, 0.15) is 4.88 Å². The maximum absolute atomic E-state index is 13.1. The molecule has 0 bridgehead atoms. The fourth-order valence-corrected chi connectivity index (χ4v) is 4.63. The van der Waals surface area contributed by atoms with Gasteiger partial charge in [0.2, 0.25) is 0 Å². The fourth-order valence-electron chi connectivity index (χ4n) is 3.84. The predicted molar refractivity (Wildman–Crippen MR) is 119 cm³/mol. The molecule has 0 spiro atoms. The number of carbonyl (C=O) groups excluding carboxylic acids is 1. The lowest BCUT2D eigenvalue weighted by Gasteiger charge is -2.36. The van der Waals surface area contributed by atoms with Gasteiger partial charge in [0.15, 0.2) is 5.52 Å². The lowest BCUT2D eigenvalue weighted by molar-refractivity contribution is 0.0753. The number of anilines is 1. The van der Waals surface area contributed by atoms with Crippen molar-refractivity contribution in [2.24, 2.45) is 5.92 Å². The number of aryl methyl sites for hydroxylation is 1. The number of benzene rings is 1. The number of aromatic amines is 1. The summed E-state index contributed by atoms with van der Waals surface area (Å²) < 4.78 is 5.35. The Kier molecular flexibility index (Phi) is 5.46. The van der Waals surface area contributed by atoms with Gasteiger partial charge in [0.05, 0.1) is 5.52 Å². The van der Waals surface area contributed by atoms with E-state index in [1.807, 2.05) is 26.0 Å². The van der Waals surface area contributed by atoms with E-state index in [9.17, 15) is 14.4 Å². The summed E-state index contributed by atoms with van der Waals surface area (Å²) in [5.41, 5.74) is 1.86. The highest BCUT2D eigenvalue weighted by Crippen LogP contribution is 2.23. The number of amides is 1. The number of hydrogen-bond acceptors (Lipinski definition) is 6. The molecule has 0 radical (unpaired) electrons. The molecule has 1 aromatic carbocycles. The molecule has 3 aromatic rings. The Labute approximate surface area is 177 Å². The van der Waals surface area contributed by atoms with E-state index in [0.717, 1.165) is 29.2 Å². The number of nitrogens with zero attached hydrogens (tertiary/aromatic N) is 4. The minimum absolute atomic E-state index is 0.144. The lowest BCUT2D eigenvalue weighted by atomic mass is 10.1. The van der Waals surface area contributed by atoms with E-state index in [4.69, 9.17) is 0 Å². The van der Waals surface area contributed by atoms with Crippen LogP contribution in [0.3, 0.4) is 0 Å². The minimum Gasteiger partial charge on any atom is -0.368 e. The van der Waals surface area contributed by atoms with Gasteiger partial charge in [-0.2, -0.15) is 4.37 Å². The first-order valence-electron chi connectivity index (χ1n) is 10.1. The molecule has 0 aliphatic carbocycles. The number of hydrogen-bond donors (Lipinski definition) is 1. The van der Waals surface area contributed by atoms with Crippen LogP contribution >= 0.6 is 11.5 Å². The van der Waals surface area contributed by atoms with Gasteiger partial charge in [-0.1, -0.05) is 32.0 Å². The second-order valence-corrected chi connectivity index (χ2v) is 8.81. The molecule has 1 amide bonds. The molecule has 8 nitrogen and oxygen atoms in total. The Balaban J connectivity index is 1.57. The van der Waals surface area contributed by atoms with Crippen LogP contribution in [0.2, 0.25) is 0 Å². The topological polar surface area (TPSA) is 91.3 Å². The van der Waals surface area contributed by atoms with Crippen LogP contribution in [0.1, 0.15) is 29.1 Å². The van der Waals surface area contributed by atoms with Crippen LogP contribution in [0, 0.1) is 12.8 Å². The van der Waals surface area contributed by atoms with Gasteiger partial charge >= 0.3 is 5.69 Å². The van der Waals surface area contributed by atoms with E-state index in [1.165, 1.54) is 11.3 Å². The number of para-hydroxylation sites is 1. The second kappa shape index (κ2) is 8.06. The standard InChI is InChI=1S/C21H25N5O3S/c1-13(2)12-26-19(27)17-16(22-21(26)29)18(30-23-17)20(28)25-10-8-24(9-11-25)15-7-5-4-6-14(15)3/h4-7,13H,8-12H2,1-3H3,(H,22,29). The summed E-state index contributed by atoms with van der Waals surface area (Å²) in [6, 6.07) is 8.21. The van der Waals surface area contributed by atoms with Gasteiger partial charge < -0.3 is 14.8 Å². The quantitative estimate of drug-likeness (QED) is 0.688. The van der Waals surface area contributed by atoms with Crippen molar-refractivity contribution in [3.05, 3.63) is 55.5 Å². The van der Waals surface area contributed by atoms with Gasteiger partial charge in [-0.25, -0.2) is 4.79 Å². The number of H-pyrrole nitrogens is 1. The summed E-state index contributed by atoms with van der Waals surface area (Å²) in [5, 5.41) is 0. The molecule has 30 heavy (non-hydrogen) atoms. The molecular formula is C21H25N5O3S. The minimum atomic E-state index is -0.500. The zero-order valence-corrected chi connectivity index (χ0v) is 18.2. The molecule has 4 rings (SSSR count). The Bertz CT molecular complexity index is 1200. The predicted octanol–water partition coefficient (Wildman–Crippen LogP) is 2.07. The maximum Gasteiger partial charge on any atom is 0.328 e. The SMILES string of the molecule is Cc1ccccc1N1CCN(C(=O)c2snc3c(=O)n(CC(C)C)c(=O)[nH]c23)CC1. The maximum atomic E-state index is 13.1. The number of piperazine rings is 1. The largest absolute Gasteiger partial charge is 0.368 e. The third kappa shape index (κ3) is 3.65. The molecule has 1 fully saturated rings. The number of nitrogens with one attached hydrogen (secondary N) is 1. The van der Waals surface area contributed by atoms with Crippen LogP contribution in [0.4, 0.5) is 5.69 Å². The number of fused-ring (bicyclic) bond motifs is 1. The summed E-state index contributed by atoms with van der Waals surface area (Å²) in [6.07, 6.45) is 0. The van der Waals surface area contributed by atoms with Gasteiger partial charge in [0, 0.05) is 38.4 Å². The zero-order chi connectivity index (χ0) is 21.4. The van der Waals surface area contributed by atoms with Crippen molar-refractivity contribution in [1.29, 1.82) is 0 Å². The van der Waals surface area contributed by atoms with Crippen molar-refractivity contribution in [2.75, 3.05) is 31.1 Å². The van der Waals surface area contributed by atoms with E-state index in [-0.39, 0.29) is 22.9 Å². The highest BCUT2D eigenvalue weighted by Gasteiger charge is 2.27. The number of carbonyl (C=O) groups is 1. The van der Waals surface area contributed by atoms with E-state index < -0.39 is 11.2 Å². The first-order valence-corrected chi connectivity index (χ1v) is 10.9. The molecule has 0 saturated carbocycles. The van der Waals surface area contributed by atoms with Crippen molar-refractivity contribution in [3.8, 4) is 0 Å². The number of rotatable bonds is 4. The summed E-state index contributed by atoms with van der Waals surface area (Å²) in [5.74, 6) is -0.0471. The normalized spacial score (nSPS) is 14.7. The van der Waals surface area contributed by atoms with Crippen molar-refractivity contribution in [2.45, 2.75) is 27.3 Å². The summed E-state index contributed by atoms with van der Waals surface area (Å²) in [4.78, 5) is 45.3. The molecule has 3 heterocycles. The Hall–Kier alpha value is -2.94. The van der Waals surface area contributed by atoms with E-state index in [0.29, 0.717) is 24.5 Å². The summed E-state index contributed by atoms with van der Waals surface area (Å²) in [7, 11) is 0. The van der Waals surface area contributed by atoms with Crippen LogP contribution in [0.25, 0.3) is 11.0 Å². The molecule has 158 valence electrons. The van der Waals surface area contributed by atoms with Crippen LogP contribution in [-0.2, 0) is 6.54 Å². The summed E-state index contributed by atoms with van der Waals surface area (Å²) >= 11 is 0.976. The smallest absolute Gasteiger partial charge is 0.328 e. The van der Waals surface area contributed by atoms with Crippen molar-refractivity contribution >= 4 is 34.2 Å². The molecule has 1 N–H and O–H groups in total. The Morgan fingerprint density at radius 3 is 2.53 bits per heavy atom. The van der Waals surface area contributed by atoms with E-state index in [2.05, 4.69) is 33.3 Å². The second-order valence-electron chi connectivity index (χ2n) is 8.04. The first-order chi connectivity index (χ1) is 14.4. The molecule has 1 saturated heterocycles. The van der Waals surface area contributed by atoms with E-state index in [1.54, 1.807) is 4.90 Å². The highest BCUT2D eigenvalue weighted by molar-refractivity contribution is 7.09. The molecule has 1 aliphatic heterocycles. The van der Waals surface area contributed by atoms with Crippen molar-refractivity contribution in [3.63, 3.8) is 0 Å². The van der Waals surface area contributed by atoms with Gasteiger partial charge in [-0.05, 0) is 36.0 Å². The highest BCUT2D eigenvalue weighted by atomic mass is 32.1. The van der Waals surface area contributed by atoms with Crippen LogP contribution < -0.4 is 16.1 Å². The van der Waals surface area contributed by atoms with Crippen LogP contribution in [0.15, 0.2) is 33.9 Å². The molecule has 2 aromatic heterocycles. The molecule has 0 unspecified atom stereocenters. The molecular weight excluding hydrogens is 402 g/mol. The van der Waals surface area contributed by atoms with Crippen molar-refractivity contribution in [1.82, 2.24) is 18.8 Å². The summed E-state index contributed by atoms with van der Waals surface area (Å²) in [6.45, 7) is 8.86. The molecule has 9 heteroatoms. The Morgan fingerprint density at radius 2 is 1.87 bits per heavy atom. The van der Waals surface area contributed by atoms with Gasteiger partial charge in [-0.15, -0.1) is 0 Å². The third-order valence-electron chi connectivity index (χ3n) is 5.38. The molecule has 1 aliphatic rings. The van der Waals surface area contributed by atoms with Gasteiger partial charge in [-0.3, -0.25) is 14.2 Å². The first kappa shape index (κ1) is 20.3. The van der Waals surface area contributed by atoms with Crippen LogP contribution in [-0.4, -0.2) is 50.9 Å². The lowest BCUT2D eigenvalue weighted by Crippen LogP contribution is -2.49. The zero-order valence-electron chi connectivity index (χ0n) is 17.3. The average molecular weight is 428 g/mol. The average Bonchev–Trinajstić information content (AvgIpc) is 3.15. The monoisotopic (exact) mass is 427 g/mol. The van der Waals surface area contributed by atoms with E-state index >= 15 is 0 Å².